The molecule has 1 N–H and O–H groups in total. The van der Waals surface area contributed by atoms with Gasteiger partial charge in [0.1, 0.15) is 5.75 Å². The minimum Gasteiger partial charge on any atom is -0.482 e. The first kappa shape index (κ1) is 21.3. The molecular weight excluding hydrogens is 388 g/mol. The molecule has 0 aliphatic rings. The van der Waals surface area contributed by atoms with E-state index in [4.69, 9.17) is 13.9 Å². The van der Waals surface area contributed by atoms with E-state index in [0.717, 1.165) is 12.0 Å². The van der Waals surface area contributed by atoms with Crippen LogP contribution in [-0.4, -0.2) is 42.6 Å². The Bertz CT molecular complexity index is 1080. The SMILES string of the molecule is CCOC(=O)COc1ccc(CCNCC(=O)c2ccc3c(c2)oc(=O)n3C)cc1. The van der Waals surface area contributed by atoms with Gasteiger partial charge in [-0.25, -0.2) is 9.59 Å². The fraction of sp³-hybridized carbons (Fsp3) is 0.318. The van der Waals surface area contributed by atoms with Crippen LogP contribution in [-0.2, 0) is 23.0 Å². The maximum Gasteiger partial charge on any atom is 0.419 e. The van der Waals surface area contributed by atoms with Crippen molar-refractivity contribution >= 4 is 22.9 Å². The van der Waals surface area contributed by atoms with E-state index in [-0.39, 0.29) is 18.9 Å². The standard InChI is InChI=1S/C22H24N2O6/c1-3-28-21(26)14-29-17-7-4-15(5-8-17)10-11-23-13-19(25)16-6-9-18-20(12-16)30-22(27)24(18)2/h4-9,12,23H,3,10-11,13-14H2,1-2H3. The molecule has 0 unspecified atom stereocenters. The van der Waals surface area contributed by atoms with Gasteiger partial charge >= 0.3 is 11.7 Å². The summed E-state index contributed by atoms with van der Waals surface area (Å²) in [4.78, 5) is 35.2. The van der Waals surface area contributed by atoms with E-state index in [9.17, 15) is 14.4 Å². The van der Waals surface area contributed by atoms with Gasteiger partial charge < -0.3 is 19.2 Å². The molecule has 0 spiro atoms. The highest BCUT2D eigenvalue weighted by Gasteiger charge is 2.11. The second kappa shape index (κ2) is 9.89. The lowest BCUT2D eigenvalue weighted by molar-refractivity contribution is -0.145. The van der Waals surface area contributed by atoms with Crippen LogP contribution in [0.1, 0.15) is 22.8 Å². The lowest BCUT2D eigenvalue weighted by Gasteiger charge is -2.08. The molecule has 0 fully saturated rings. The number of aryl methyl sites for hydroxylation is 1. The van der Waals surface area contributed by atoms with Gasteiger partial charge in [-0.2, -0.15) is 0 Å². The van der Waals surface area contributed by atoms with Crippen molar-refractivity contribution in [3.05, 3.63) is 64.1 Å². The Kier molecular flexibility index (Phi) is 7.03. The number of carbonyl (C=O) groups is 2. The first-order valence-electron chi connectivity index (χ1n) is 9.68. The Morgan fingerprint density at radius 3 is 2.63 bits per heavy atom. The predicted octanol–water partition coefficient (Wildman–Crippen LogP) is 2.09. The van der Waals surface area contributed by atoms with Crippen LogP contribution in [0.5, 0.6) is 5.75 Å². The number of ketones is 1. The third-order valence-corrected chi connectivity index (χ3v) is 4.58. The van der Waals surface area contributed by atoms with E-state index in [1.54, 1.807) is 44.3 Å². The van der Waals surface area contributed by atoms with Crippen molar-refractivity contribution in [1.29, 1.82) is 0 Å². The quantitative estimate of drug-likeness (QED) is 0.309. The third-order valence-electron chi connectivity index (χ3n) is 4.58. The van der Waals surface area contributed by atoms with Crippen molar-refractivity contribution in [3.63, 3.8) is 0 Å². The Morgan fingerprint density at radius 1 is 1.13 bits per heavy atom. The summed E-state index contributed by atoms with van der Waals surface area (Å²) in [5.74, 6) is -0.335. The molecule has 0 saturated heterocycles. The van der Waals surface area contributed by atoms with Crippen LogP contribution in [0.25, 0.3) is 11.1 Å². The molecule has 3 aromatic rings. The molecule has 30 heavy (non-hydrogen) atoms. The highest BCUT2D eigenvalue weighted by Crippen LogP contribution is 2.15. The Hall–Kier alpha value is -3.39. The summed E-state index contributed by atoms with van der Waals surface area (Å²) in [5, 5.41) is 3.13. The molecule has 158 valence electrons. The molecule has 2 aromatic carbocycles. The highest BCUT2D eigenvalue weighted by molar-refractivity contribution is 5.99. The summed E-state index contributed by atoms with van der Waals surface area (Å²) in [6.45, 7) is 2.76. The lowest BCUT2D eigenvalue weighted by atomic mass is 10.1. The van der Waals surface area contributed by atoms with Crippen LogP contribution in [0.15, 0.2) is 51.7 Å². The lowest BCUT2D eigenvalue weighted by Crippen LogP contribution is -2.25. The average Bonchev–Trinajstić information content (AvgIpc) is 3.03. The van der Waals surface area contributed by atoms with Crippen LogP contribution in [0.2, 0.25) is 0 Å². The van der Waals surface area contributed by atoms with Crippen LogP contribution >= 0.6 is 0 Å². The fourth-order valence-electron chi connectivity index (χ4n) is 2.94. The molecular formula is C22H24N2O6. The van der Waals surface area contributed by atoms with E-state index < -0.39 is 11.7 Å². The monoisotopic (exact) mass is 412 g/mol. The summed E-state index contributed by atoms with van der Waals surface area (Å²) in [5.41, 5.74) is 2.62. The second-order valence-electron chi connectivity index (χ2n) is 6.70. The maximum absolute atomic E-state index is 12.4. The van der Waals surface area contributed by atoms with Gasteiger partial charge in [0.05, 0.1) is 18.7 Å². The Balaban J connectivity index is 1.44. The van der Waals surface area contributed by atoms with Crippen LogP contribution in [0, 0.1) is 0 Å². The maximum atomic E-state index is 12.4. The van der Waals surface area contributed by atoms with Gasteiger partial charge in [0.25, 0.3) is 0 Å². The number of oxazole rings is 1. The van der Waals surface area contributed by atoms with Crippen molar-refractivity contribution in [2.75, 3.05) is 26.3 Å². The number of hydrogen-bond acceptors (Lipinski definition) is 7. The van der Waals surface area contributed by atoms with E-state index in [1.807, 2.05) is 12.1 Å². The largest absolute Gasteiger partial charge is 0.482 e. The second-order valence-corrected chi connectivity index (χ2v) is 6.70. The van der Waals surface area contributed by atoms with Gasteiger partial charge in [-0.1, -0.05) is 12.1 Å². The highest BCUT2D eigenvalue weighted by atomic mass is 16.6. The van der Waals surface area contributed by atoms with Crippen LogP contribution < -0.4 is 15.8 Å². The van der Waals surface area contributed by atoms with Gasteiger partial charge in [0.15, 0.2) is 18.0 Å². The molecule has 0 radical (unpaired) electrons. The molecule has 0 bridgehead atoms. The molecule has 0 aliphatic carbocycles. The number of Topliss-reactive ketones (excluding diaryl/α,β-unsaturated/α-hetero) is 1. The summed E-state index contributed by atoms with van der Waals surface area (Å²) >= 11 is 0. The number of nitrogens with one attached hydrogen (secondary N) is 1. The van der Waals surface area contributed by atoms with Crippen molar-refractivity contribution in [2.24, 2.45) is 7.05 Å². The molecule has 0 saturated carbocycles. The minimum atomic E-state index is -0.454. The summed E-state index contributed by atoms with van der Waals surface area (Å²) < 4.78 is 16.7. The van der Waals surface area contributed by atoms with E-state index in [1.165, 1.54) is 4.57 Å². The molecule has 0 atom stereocenters. The predicted molar refractivity (Wildman–Crippen MR) is 111 cm³/mol. The summed E-state index contributed by atoms with van der Waals surface area (Å²) in [6.07, 6.45) is 0.734. The molecule has 8 nitrogen and oxygen atoms in total. The zero-order chi connectivity index (χ0) is 21.5. The van der Waals surface area contributed by atoms with E-state index in [0.29, 0.717) is 35.6 Å². The number of ether oxygens (including phenoxy) is 2. The number of fused-ring (bicyclic) bond motifs is 1. The van der Waals surface area contributed by atoms with Crippen molar-refractivity contribution in [2.45, 2.75) is 13.3 Å². The summed E-state index contributed by atoms with van der Waals surface area (Å²) in [7, 11) is 1.62. The number of carbonyl (C=O) groups excluding carboxylic acids is 2. The smallest absolute Gasteiger partial charge is 0.419 e. The van der Waals surface area contributed by atoms with Crippen molar-refractivity contribution in [3.8, 4) is 5.75 Å². The third kappa shape index (κ3) is 5.36. The zero-order valence-electron chi connectivity index (χ0n) is 17.0. The Labute approximate surface area is 173 Å². The van der Waals surface area contributed by atoms with Gasteiger partial charge in [0, 0.05) is 12.6 Å². The van der Waals surface area contributed by atoms with Gasteiger partial charge in [-0.3, -0.25) is 9.36 Å². The molecule has 0 amide bonds. The number of esters is 1. The van der Waals surface area contributed by atoms with E-state index >= 15 is 0 Å². The summed E-state index contributed by atoms with van der Waals surface area (Å²) in [6, 6.07) is 12.4. The minimum absolute atomic E-state index is 0.0777. The van der Waals surface area contributed by atoms with Crippen LogP contribution in [0.3, 0.4) is 0 Å². The number of nitrogens with zero attached hydrogens (tertiary/aromatic N) is 1. The van der Waals surface area contributed by atoms with Gasteiger partial charge in [-0.05, 0) is 55.8 Å². The number of rotatable bonds is 10. The number of benzene rings is 2. The zero-order valence-corrected chi connectivity index (χ0v) is 17.0. The molecule has 0 aliphatic heterocycles. The van der Waals surface area contributed by atoms with Gasteiger partial charge in [-0.15, -0.1) is 0 Å². The molecule has 1 aromatic heterocycles. The van der Waals surface area contributed by atoms with E-state index in [2.05, 4.69) is 5.32 Å². The normalized spacial score (nSPS) is 10.9. The average molecular weight is 412 g/mol. The molecule has 3 rings (SSSR count). The molecule has 8 heteroatoms. The first-order chi connectivity index (χ1) is 14.5. The van der Waals surface area contributed by atoms with Crippen molar-refractivity contribution in [1.82, 2.24) is 9.88 Å². The number of aromatic nitrogens is 1. The first-order valence-corrected chi connectivity index (χ1v) is 9.68. The molecule has 1 heterocycles. The van der Waals surface area contributed by atoms with Crippen molar-refractivity contribution < 1.29 is 23.5 Å². The Morgan fingerprint density at radius 2 is 1.90 bits per heavy atom. The van der Waals surface area contributed by atoms with Crippen LogP contribution in [0.4, 0.5) is 0 Å². The number of hydrogen-bond donors (Lipinski definition) is 1. The van der Waals surface area contributed by atoms with Gasteiger partial charge in [0.2, 0.25) is 0 Å². The topological polar surface area (TPSA) is 99.8 Å². The fourth-order valence-corrected chi connectivity index (χ4v) is 2.94.